The van der Waals surface area contributed by atoms with E-state index in [-0.39, 0.29) is 0 Å². The fraction of sp³-hybridized carbons (Fsp3) is 0.158. The molecule has 0 N–H and O–H groups in total. The smallest absolute Gasteiger partial charge is 0.0537 e. The largest absolute Gasteiger partial charge is 0.313 e. The summed E-state index contributed by atoms with van der Waals surface area (Å²) >= 11 is 0. The Morgan fingerprint density at radius 1 is 0.900 bits per heavy atom. The first-order valence-corrected chi connectivity index (χ1v) is 7.02. The molecule has 0 fully saturated rings. The van der Waals surface area contributed by atoms with E-state index in [2.05, 4.69) is 86.0 Å². The van der Waals surface area contributed by atoms with E-state index in [4.69, 9.17) is 0 Å². The number of aromatic nitrogens is 1. The van der Waals surface area contributed by atoms with Crippen molar-refractivity contribution < 1.29 is 0 Å². The summed E-state index contributed by atoms with van der Waals surface area (Å²) in [6.07, 6.45) is 4.31. The van der Waals surface area contributed by atoms with Crippen LogP contribution in [-0.2, 0) is 0 Å². The Kier molecular flexibility index (Phi) is 3.19. The molecule has 100 valence electrons. The normalized spacial score (nSPS) is 11.6. The first-order chi connectivity index (χ1) is 9.74. The number of nitrogens with zero attached hydrogens (tertiary/aromatic N) is 1. The number of aryl methyl sites for hydroxylation is 1. The molecule has 3 rings (SSSR count). The van der Waals surface area contributed by atoms with Crippen LogP contribution in [0, 0.1) is 13.8 Å². The lowest BCUT2D eigenvalue weighted by atomic mass is 10.1. The zero-order valence-corrected chi connectivity index (χ0v) is 12.2. The van der Waals surface area contributed by atoms with E-state index in [0.29, 0.717) is 0 Å². The molecule has 0 bridgehead atoms. The molecule has 0 aliphatic heterocycles. The summed E-state index contributed by atoms with van der Waals surface area (Å²) < 4.78 is 2.36. The van der Waals surface area contributed by atoms with Crippen molar-refractivity contribution in [2.75, 3.05) is 0 Å². The molecule has 0 saturated carbocycles. The molecule has 0 aliphatic rings. The van der Waals surface area contributed by atoms with Gasteiger partial charge in [0.05, 0.1) is 5.52 Å². The molecule has 0 amide bonds. The molecule has 1 heteroatoms. The number of hydrogen-bond donors (Lipinski definition) is 0. The van der Waals surface area contributed by atoms with Gasteiger partial charge in [-0.05, 0) is 38.5 Å². The summed E-state index contributed by atoms with van der Waals surface area (Å²) in [7, 11) is 0. The van der Waals surface area contributed by atoms with Gasteiger partial charge in [0, 0.05) is 22.3 Å². The zero-order valence-electron chi connectivity index (χ0n) is 12.2. The van der Waals surface area contributed by atoms with Gasteiger partial charge < -0.3 is 4.57 Å². The molecule has 0 aliphatic carbocycles. The molecule has 1 heterocycles. The zero-order chi connectivity index (χ0) is 14.1. The van der Waals surface area contributed by atoms with E-state index in [1.165, 1.54) is 33.4 Å². The summed E-state index contributed by atoms with van der Waals surface area (Å²) in [6.45, 7) is 6.43. The predicted molar refractivity (Wildman–Crippen MR) is 87.5 cm³/mol. The molecule has 0 atom stereocenters. The van der Waals surface area contributed by atoms with Crippen LogP contribution in [0.3, 0.4) is 0 Å². The molecular weight excluding hydrogens is 242 g/mol. The van der Waals surface area contributed by atoms with E-state index in [0.717, 1.165) is 0 Å². The van der Waals surface area contributed by atoms with Gasteiger partial charge >= 0.3 is 0 Å². The van der Waals surface area contributed by atoms with Crippen LogP contribution >= 0.6 is 0 Å². The average Bonchev–Trinajstić information content (AvgIpc) is 2.73. The molecule has 20 heavy (non-hydrogen) atoms. The van der Waals surface area contributed by atoms with E-state index in [1.807, 2.05) is 0 Å². The summed E-state index contributed by atoms with van der Waals surface area (Å²) in [5.41, 5.74) is 6.43. The number of rotatable bonds is 2. The molecule has 0 radical (unpaired) electrons. The van der Waals surface area contributed by atoms with Crippen LogP contribution in [0.15, 0.2) is 54.6 Å². The van der Waals surface area contributed by atoms with Gasteiger partial charge in [0.25, 0.3) is 0 Å². The van der Waals surface area contributed by atoms with Crippen molar-refractivity contribution in [1.29, 1.82) is 0 Å². The monoisotopic (exact) mass is 261 g/mol. The number of fused-ring (bicyclic) bond motifs is 1. The van der Waals surface area contributed by atoms with Gasteiger partial charge in [0.15, 0.2) is 0 Å². The minimum atomic E-state index is 1.26. The maximum Gasteiger partial charge on any atom is 0.0537 e. The first-order valence-electron chi connectivity index (χ1n) is 7.02. The van der Waals surface area contributed by atoms with Crippen LogP contribution in [-0.4, -0.2) is 4.57 Å². The molecule has 1 nitrogen and oxygen atoms in total. The van der Waals surface area contributed by atoms with Crippen LogP contribution < -0.4 is 0 Å². The summed E-state index contributed by atoms with van der Waals surface area (Å²) in [5.74, 6) is 0. The molecule has 3 aromatic rings. The third kappa shape index (κ3) is 1.87. The average molecular weight is 261 g/mol. The lowest BCUT2D eigenvalue weighted by molar-refractivity contribution is 1.03. The maximum absolute atomic E-state index is 2.36. The quantitative estimate of drug-likeness (QED) is 0.591. The fourth-order valence-corrected chi connectivity index (χ4v) is 2.89. The Morgan fingerprint density at radius 3 is 2.35 bits per heavy atom. The van der Waals surface area contributed by atoms with E-state index in [9.17, 15) is 0 Å². The Labute approximate surface area is 120 Å². The van der Waals surface area contributed by atoms with Gasteiger partial charge in [-0.3, -0.25) is 0 Å². The van der Waals surface area contributed by atoms with E-state index in [1.54, 1.807) is 0 Å². The third-order valence-corrected chi connectivity index (χ3v) is 3.85. The highest BCUT2D eigenvalue weighted by molar-refractivity contribution is 5.92. The molecule has 0 spiro atoms. The topological polar surface area (TPSA) is 4.93 Å². The lowest BCUT2D eigenvalue weighted by Gasteiger charge is -2.11. The van der Waals surface area contributed by atoms with E-state index >= 15 is 0 Å². The minimum Gasteiger partial charge on any atom is -0.313 e. The molecule has 1 aromatic heterocycles. The second-order valence-electron chi connectivity index (χ2n) is 5.14. The Hall–Kier alpha value is -2.28. The summed E-state index contributed by atoms with van der Waals surface area (Å²) in [5, 5.41) is 1.31. The maximum atomic E-state index is 2.36. The van der Waals surface area contributed by atoms with Crippen LogP contribution in [0.2, 0.25) is 0 Å². The van der Waals surface area contributed by atoms with Gasteiger partial charge in [-0.1, -0.05) is 48.6 Å². The first kappa shape index (κ1) is 12.7. The van der Waals surface area contributed by atoms with Gasteiger partial charge in [0.2, 0.25) is 0 Å². The fourth-order valence-electron chi connectivity index (χ4n) is 2.89. The van der Waals surface area contributed by atoms with Crippen LogP contribution in [0.4, 0.5) is 0 Å². The Balaban J connectivity index is 2.42. The third-order valence-electron chi connectivity index (χ3n) is 3.85. The van der Waals surface area contributed by atoms with Crippen LogP contribution in [0.1, 0.15) is 23.7 Å². The predicted octanol–water partition coefficient (Wildman–Crippen LogP) is 5.28. The van der Waals surface area contributed by atoms with Crippen LogP contribution in [0.25, 0.3) is 22.7 Å². The Morgan fingerprint density at radius 2 is 1.60 bits per heavy atom. The van der Waals surface area contributed by atoms with Gasteiger partial charge in [-0.15, -0.1) is 0 Å². The van der Waals surface area contributed by atoms with Crippen molar-refractivity contribution in [3.05, 3.63) is 71.4 Å². The van der Waals surface area contributed by atoms with Crippen molar-refractivity contribution in [3.63, 3.8) is 0 Å². The highest BCUT2D eigenvalue weighted by atomic mass is 15.0. The van der Waals surface area contributed by atoms with Gasteiger partial charge in [-0.25, -0.2) is 0 Å². The van der Waals surface area contributed by atoms with Gasteiger partial charge in [0.1, 0.15) is 0 Å². The number of benzene rings is 2. The van der Waals surface area contributed by atoms with Gasteiger partial charge in [-0.2, -0.15) is 0 Å². The SMILES string of the molecule is C/C=C\c1c(C)n(-c2ccccc2C)c2ccccc12. The standard InChI is InChI=1S/C19H19N/c1-4-9-16-15(3)20(18-12-7-5-10-14(18)2)19-13-8-6-11-17(16)19/h4-13H,1-3H3/b9-4-. The van der Waals surface area contributed by atoms with E-state index < -0.39 is 0 Å². The second kappa shape index (κ2) is 5.01. The number of allylic oxidation sites excluding steroid dienone is 1. The van der Waals surface area contributed by atoms with Crippen molar-refractivity contribution in [1.82, 2.24) is 4.57 Å². The van der Waals surface area contributed by atoms with Crippen LogP contribution in [0.5, 0.6) is 0 Å². The molecule has 0 saturated heterocycles. The summed E-state index contributed by atoms with van der Waals surface area (Å²) in [6, 6.07) is 17.2. The number of para-hydroxylation sites is 2. The highest BCUT2D eigenvalue weighted by Crippen LogP contribution is 2.31. The number of hydrogen-bond acceptors (Lipinski definition) is 0. The molecule has 2 aromatic carbocycles. The lowest BCUT2D eigenvalue weighted by Crippen LogP contribution is -1.99. The highest BCUT2D eigenvalue weighted by Gasteiger charge is 2.13. The summed E-state index contributed by atoms with van der Waals surface area (Å²) in [4.78, 5) is 0. The van der Waals surface area contributed by atoms with Crippen molar-refractivity contribution in [2.24, 2.45) is 0 Å². The molecule has 0 unspecified atom stereocenters. The van der Waals surface area contributed by atoms with Crippen molar-refractivity contribution in [2.45, 2.75) is 20.8 Å². The van der Waals surface area contributed by atoms with Crippen molar-refractivity contribution >= 4 is 17.0 Å². The second-order valence-corrected chi connectivity index (χ2v) is 5.14. The van der Waals surface area contributed by atoms with Crippen molar-refractivity contribution in [3.8, 4) is 5.69 Å². The Bertz CT molecular complexity index is 791. The molecular formula is C19H19N. The minimum absolute atomic E-state index is 1.26.